The van der Waals surface area contributed by atoms with Gasteiger partial charge in [0.25, 0.3) is 0 Å². The molecule has 5 N–H and O–H groups in total. The fourth-order valence-electron chi connectivity index (χ4n) is 1.33. The first-order valence-electron chi connectivity index (χ1n) is 6.94. The standard InChI is InChI=1S/C12H14Cl2N2O3.C2HF3O2/c13-9-2-1-8(7-10(9)14)11(3-4-12(17)18)16-19-6-5-15;3-2(4,5)1(6)7/h1-2,7H,3-6,15H2,(H,17,18);(H,6,7)/p+1. The quantitative estimate of drug-likeness (QED) is 0.355. The Morgan fingerprint density at radius 1 is 1.15 bits per heavy atom. The number of carboxylic acids is 2. The first-order valence-corrected chi connectivity index (χ1v) is 7.70. The second-order valence-electron chi connectivity index (χ2n) is 4.55. The number of halogens is 5. The lowest BCUT2D eigenvalue weighted by Crippen LogP contribution is -2.52. The van der Waals surface area contributed by atoms with Gasteiger partial charge in [-0.3, -0.25) is 4.79 Å². The highest BCUT2D eigenvalue weighted by Gasteiger charge is 2.38. The van der Waals surface area contributed by atoms with Gasteiger partial charge in [0.2, 0.25) is 0 Å². The molecule has 1 aromatic rings. The molecule has 0 aliphatic carbocycles. The van der Waals surface area contributed by atoms with E-state index >= 15 is 0 Å². The predicted molar refractivity (Wildman–Crippen MR) is 87.3 cm³/mol. The average molecular weight is 420 g/mol. The Balaban J connectivity index is 0.000000758. The Labute approximate surface area is 156 Å². The lowest BCUT2D eigenvalue weighted by Gasteiger charge is -2.06. The van der Waals surface area contributed by atoms with Gasteiger partial charge in [-0.15, -0.1) is 0 Å². The van der Waals surface area contributed by atoms with Crippen LogP contribution in [0.5, 0.6) is 0 Å². The SMILES string of the molecule is O=C(O)C(F)(F)F.[NH3+]CCON=C(CCC(=O)O)c1ccc(Cl)c(Cl)c1. The summed E-state index contributed by atoms with van der Waals surface area (Å²) in [4.78, 5) is 24.6. The molecule has 0 fully saturated rings. The summed E-state index contributed by atoms with van der Waals surface area (Å²) >= 11 is 11.8. The van der Waals surface area contributed by atoms with Crippen LogP contribution in [0.15, 0.2) is 23.4 Å². The van der Waals surface area contributed by atoms with E-state index in [4.69, 9.17) is 43.0 Å². The van der Waals surface area contributed by atoms with Crippen LogP contribution in [-0.4, -0.2) is 47.2 Å². The molecule has 7 nitrogen and oxygen atoms in total. The van der Waals surface area contributed by atoms with Crippen molar-refractivity contribution in [3.63, 3.8) is 0 Å². The largest absolute Gasteiger partial charge is 0.490 e. The summed E-state index contributed by atoms with van der Waals surface area (Å²) in [6, 6.07) is 5.00. The van der Waals surface area contributed by atoms with E-state index < -0.39 is 18.1 Å². The molecule has 0 aromatic heterocycles. The minimum Gasteiger partial charge on any atom is -0.481 e. The maximum Gasteiger partial charge on any atom is 0.490 e. The normalized spacial score (nSPS) is 11.4. The average Bonchev–Trinajstić information content (AvgIpc) is 2.53. The van der Waals surface area contributed by atoms with Gasteiger partial charge in [0.15, 0.2) is 6.61 Å². The molecule has 12 heteroatoms. The van der Waals surface area contributed by atoms with Gasteiger partial charge in [0.05, 0.1) is 22.2 Å². The number of quaternary nitrogens is 1. The van der Waals surface area contributed by atoms with Crippen LogP contribution < -0.4 is 5.73 Å². The van der Waals surface area contributed by atoms with Gasteiger partial charge in [-0.05, 0) is 12.1 Å². The molecule has 1 aromatic carbocycles. The topological polar surface area (TPSA) is 124 Å². The number of oxime groups is 1. The molecule has 0 heterocycles. The van der Waals surface area contributed by atoms with Crippen LogP contribution in [0.25, 0.3) is 0 Å². The minimum absolute atomic E-state index is 0.0349. The number of alkyl halides is 3. The van der Waals surface area contributed by atoms with Gasteiger partial charge >= 0.3 is 18.1 Å². The third-order valence-electron chi connectivity index (χ3n) is 2.48. The van der Waals surface area contributed by atoms with Crippen molar-refractivity contribution in [2.45, 2.75) is 19.0 Å². The van der Waals surface area contributed by atoms with Gasteiger partial charge < -0.3 is 20.8 Å². The first kappa shape index (κ1) is 24.0. The summed E-state index contributed by atoms with van der Waals surface area (Å²) in [6.07, 6.45) is -4.86. The molecule has 0 saturated heterocycles. The van der Waals surface area contributed by atoms with Crippen LogP contribution in [0.2, 0.25) is 10.0 Å². The molecule has 1 rings (SSSR count). The summed E-state index contributed by atoms with van der Waals surface area (Å²) in [5, 5.41) is 20.6. The molecule has 0 spiro atoms. The molecule has 0 saturated carbocycles. The van der Waals surface area contributed by atoms with Gasteiger partial charge in [-0.1, -0.05) is 34.4 Å². The highest BCUT2D eigenvalue weighted by atomic mass is 35.5. The summed E-state index contributed by atoms with van der Waals surface area (Å²) in [7, 11) is 0. The number of carbonyl (C=O) groups is 2. The van der Waals surface area contributed by atoms with E-state index in [0.29, 0.717) is 34.5 Å². The Kier molecular flexibility index (Phi) is 10.6. The van der Waals surface area contributed by atoms with E-state index in [1.807, 2.05) is 0 Å². The maximum absolute atomic E-state index is 10.6. The zero-order valence-corrected chi connectivity index (χ0v) is 14.7. The summed E-state index contributed by atoms with van der Waals surface area (Å²) in [5.74, 6) is -3.66. The van der Waals surface area contributed by atoms with Gasteiger partial charge in [-0.2, -0.15) is 13.2 Å². The second-order valence-corrected chi connectivity index (χ2v) is 5.36. The van der Waals surface area contributed by atoms with Crippen LogP contribution in [0.4, 0.5) is 13.2 Å². The van der Waals surface area contributed by atoms with E-state index in [9.17, 15) is 18.0 Å². The van der Waals surface area contributed by atoms with Crippen molar-refractivity contribution >= 4 is 40.9 Å². The number of nitrogens with zero attached hydrogens (tertiary/aromatic N) is 1. The molecular formula is C14H16Cl2F3N2O5+. The molecule has 0 aliphatic heterocycles. The molecule has 0 amide bonds. The number of hydrogen-bond acceptors (Lipinski definition) is 4. The third-order valence-corrected chi connectivity index (χ3v) is 3.22. The van der Waals surface area contributed by atoms with Crippen LogP contribution in [0.3, 0.4) is 0 Å². The van der Waals surface area contributed by atoms with Crippen molar-refractivity contribution in [3.8, 4) is 0 Å². The zero-order chi connectivity index (χ0) is 20.3. The van der Waals surface area contributed by atoms with Crippen molar-refractivity contribution < 1.29 is 43.5 Å². The maximum atomic E-state index is 10.6. The molecule has 0 bridgehead atoms. The number of aliphatic carboxylic acids is 2. The zero-order valence-electron chi connectivity index (χ0n) is 13.2. The number of carboxylic acid groups (broad SMARTS) is 2. The van der Waals surface area contributed by atoms with E-state index in [2.05, 4.69) is 10.9 Å². The van der Waals surface area contributed by atoms with Crippen molar-refractivity contribution in [1.29, 1.82) is 0 Å². The molecule has 0 aliphatic rings. The van der Waals surface area contributed by atoms with Crippen LogP contribution in [0.1, 0.15) is 18.4 Å². The van der Waals surface area contributed by atoms with E-state index in [1.165, 1.54) is 0 Å². The van der Waals surface area contributed by atoms with Crippen molar-refractivity contribution in [3.05, 3.63) is 33.8 Å². The van der Waals surface area contributed by atoms with Gasteiger partial charge in [0, 0.05) is 12.0 Å². The van der Waals surface area contributed by atoms with Crippen molar-refractivity contribution in [1.82, 2.24) is 0 Å². The molecular weight excluding hydrogens is 404 g/mol. The van der Waals surface area contributed by atoms with Crippen molar-refractivity contribution in [2.75, 3.05) is 13.2 Å². The Morgan fingerprint density at radius 3 is 2.15 bits per heavy atom. The van der Waals surface area contributed by atoms with Crippen LogP contribution in [-0.2, 0) is 14.4 Å². The Bertz CT molecular complexity index is 654. The Morgan fingerprint density at radius 2 is 1.73 bits per heavy atom. The van der Waals surface area contributed by atoms with E-state index in [0.717, 1.165) is 0 Å². The Hall–Kier alpha value is -2.04. The van der Waals surface area contributed by atoms with E-state index in [-0.39, 0.29) is 12.8 Å². The second kappa shape index (κ2) is 11.6. The fourth-order valence-corrected chi connectivity index (χ4v) is 1.63. The van der Waals surface area contributed by atoms with Gasteiger partial charge in [-0.25, -0.2) is 4.79 Å². The lowest BCUT2D eigenvalue weighted by molar-refractivity contribution is -0.374. The number of benzene rings is 1. The van der Waals surface area contributed by atoms with Crippen LogP contribution in [0, 0.1) is 0 Å². The smallest absolute Gasteiger partial charge is 0.481 e. The van der Waals surface area contributed by atoms with E-state index in [1.54, 1.807) is 18.2 Å². The first-order chi connectivity index (χ1) is 12.0. The number of rotatable bonds is 7. The number of hydrogen-bond donors (Lipinski definition) is 3. The molecule has 26 heavy (non-hydrogen) atoms. The monoisotopic (exact) mass is 419 g/mol. The van der Waals surface area contributed by atoms with Gasteiger partial charge in [0.1, 0.15) is 6.54 Å². The minimum atomic E-state index is -5.08. The van der Waals surface area contributed by atoms with Crippen LogP contribution >= 0.6 is 23.2 Å². The summed E-state index contributed by atoms with van der Waals surface area (Å²) < 4.78 is 31.7. The van der Waals surface area contributed by atoms with Crippen molar-refractivity contribution in [2.24, 2.45) is 5.16 Å². The molecule has 0 radical (unpaired) electrons. The highest BCUT2D eigenvalue weighted by Crippen LogP contribution is 2.23. The predicted octanol–water partition coefficient (Wildman–Crippen LogP) is 2.45. The fraction of sp³-hybridized carbons (Fsp3) is 0.357. The lowest BCUT2D eigenvalue weighted by atomic mass is 10.1. The third kappa shape index (κ3) is 10.1. The molecule has 0 atom stereocenters. The molecule has 146 valence electrons. The highest BCUT2D eigenvalue weighted by molar-refractivity contribution is 6.42. The summed E-state index contributed by atoms with van der Waals surface area (Å²) in [6.45, 7) is 0.953. The molecule has 0 unspecified atom stereocenters. The summed E-state index contributed by atoms with van der Waals surface area (Å²) in [5.41, 5.74) is 4.85.